The van der Waals surface area contributed by atoms with Crippen LogP contribution in [0.3, 0.4) is 0 Å². The molecule has 1 aliphatic heterocycles. The number of benzene rings is 1. The van der Waals surface area contributed by atoms with E-state index in [0.29, 0.717) is 6.42 Å². The first kappa shape index (κ1) is 18.5. The lowest BCUT2D eigenvalue weighted by Crippen LogP contribution is -2.41. The molecule has 7 heteroatoms. The van der Waals surface area contributed by atoms with Crippen molar-refractivity contribution >= 4 is 22.6 Å². The van der Waals surface area contributed by atoms with Gasteiger partial charge in [0.2, 0.25) is 10.0 Å². The lowest BCUT2D eigenvalue weighted by molar-refractivity contribution is 0.00578. The van der Waals surface area contributed by atoms with Crippen LogP contribution in [0.4, 0.5) is 0 Å². The van der Waals surface area contributed by atoms with Crippen molar-refractivity contribution in [3.05, 3.63) is 23.8 Å². The molecule has 1 saturated heterocycles. The first-order valence-corrected chi connectivity index (χ1v) is 9.54. The Balaban J connectivity index is 2.39. The molecule has 1 heterocycles. The van der Waals surface area contributed by atoms with E-state index in [4.69, 9.17) is 14.4 Å². The van der Waals surface area contributed by atoms with Crippen molar-refractivity contribution in [3.8, 4) is 0 Å². The molecule has 0 saturated carbocycles. The van der Waals surface area contributed by atoms with E-state index in [0.717, 1.165) is 23.9 Å². The first-order chi connectivity index (χ1) is 10.5. The van der Waals surface area contributed by atoms with Crippen molar-refractivity contribution in [1.29, 1.82) is 0 Å². The number of aryl methyl sites for hydroxylation is 1. The van der Waals surface area contributed by atoms with Gasteiger partial charge in [0.25, 0.3) is 0 Å². The summed E-state index contributed by atoms with van der Waals surface area (Å²) in [5.41, 5.74) is 0.684. The van der Waals surface area contributed by atoms with Crippen molar-refractivity contribution < 1.29 is 17.7 Å². The van der Waals surface area contributed by atoms with E-state index in [1.807, 2.05) is 33.8 Å². The van der Waals surface area contributed by atoms with Crippen LogP contribution in [0, 0.1) is 0 Å². The number of rotatable bonds is 5. The van der Waals surface area contributed by atoms with Crippen molar-refractivity contribution in [1.82, 2.24) is 0 Å². The third-order valence-electron chi connectivity index (χ3n) is 4.72. The fraction of sp³-hybridized carbons (Fsp3) is 0.625. The summed E-state index contributed by atoms with van der Waals surface area (Å²) in [5, 5.41) is 5.33. The fourth-order valence-corrected chi connectivity index (χ4v) is 3.35. The molecular weight excluding hydrogens is 313 g/mol. The average molecular weight is 339 g/mol. The number of hydrogen-bond donors (Lipinski definition) is 1. The summed E-state index contributed by atoms with van der Waals surface area (Å²) in [7, 11) is -4.24. The Morgan fingerprint density at radius 1 is 1.13 bits per heavy atom. The molecule has 0 atom stereocenters. The third kappa shape index (κ3) is 3.79. The Hall–Kier alpha value is -0.885. The van der Waals surface area contributed by atoms with Gasteiger partial charge in [0.15, 0.2) is 0 Å². The van der Waals surface area contributed by atoms with Gasteiger partial charge in [-0.3, -0.25) is 0 Å². The van der Waals surface area contributed by atoms with Crippen LogP contribution in [0.25, 0.3) is 0 Å². The molecular formula is C16H26BNO4S. The standard InChI is InChI=1S/C16H26BNO4S/c1-6-7-8-12-11-13(9-10-14(12)23(18,19)20)17-21-15(2,3)16(4,5)22-17/h9-11H,6-8H2,1-5H3,(H2,18,19,20). The number of primary sulfonamides is 1. The minimum Gasteiger partial charge on any atom is -0.399 e. The Bertz CT molecular complexity index is 669. The molecule has 1 aromatic carbocycles. The van der Waals surface area contributed by atoms with Crippen molar-refractivity contribution in [2.75, 3.05) is 0 Å². The quantitative estimate of drug-likeness (QED) is 0.832. The maximum absolute atomic E-state index is 11.8. The van der Waals surface area contributed by atoms with Gasteiger partial charge in [-0.15, -0.1) is 0 Å². The molecule has 0 aromatic heterocycles. The van der Waals surface area contributed by atoms with Gasteiger partial charge in [0.1, 0.15) is 0 Å². The molecule has 1 aromatic rings. The summed E-state index contributed by atoms with van der Waals surface area (Å²) < 4.78 is 35.6. The van der Waals surface area contributed by atoms with Gasteiger partial charge in [0.05, 0.1) is 16.1 Å². The second kappa shape index (κ2) is 6.20. The van der Waals surface area contributed by atoms with Gasteiger partial charge in [-0.1, -0.05) is 25.5 Å². The molecule has 1 aliphatic rings. The Kier molecular flexibility index (Phi) is 4.98. The number of sulfonamides is 1. The summed E-state index contributed by atoms with van der Waals surface area (Å²) in [5.74, 6) is 0. The molecule has 0 unspecified atom stereocenters. The predicted octanol–water partition coefficient (Wildman–Crippen LogP) is 1.98. The zero-order valence-corrected chi connectivity index (χ0v) is 15.4. The number of hydrogen-bond acceptors (Lipinski definition) is 4. The molecule has 5 nitrogen and oxygen atoms in total. The monoisotopic (exact) mass is 339 g/mol. The Morgan fingerprint density at radius 3 is 2.17 bits per heavy atom. The van der Waals surface area contributed by atoms with Crippen LogP contribution in [-0.2, 0) is 25.8 Å². The van der Waals surface area contributed by atoms with E-state index in [1.54, 1.807) is 12.1 Å². The highest BCUT2D eigenvalue weighted by molar-refractivity contribution is 7.89. The van der Waals surface area contributed by atoms with Crippen LogP contribution < -0.4 is 10.6 Å². The van der Waals surface area contributed by atoms with E-state index in [9.17, 15) is 8.42 Å². The highest BCUT2D eigenvalue weighted by atomic mass is 32.2. The Morgan fingerprint density at radius 2 is 1.70 bits per heavy atom. The maximum atomic E-state index is 11.8. The molecule has 2 N–H and O–H groups in total. The molecule has 1 fully saturated rings. The average Bonchev–Trinajstić information content (AvgIpc) is 2.64. The summed E-state index contributed by atoms with van der Waals surface area (Å²) >= 11 is 0. The molecule has 23 heavy (non-hydrogen) atoms. The summed E-state index contributed by atoms with van der Waals surface area (Å²) in [6.45, 7) is 10.0. The van der Waals surface area contributed by atoms with E-state index in [-0.39, 0.29) is 4.90 Å². The predicted molar refractivity (Wildman–Crippen MR) is 92.1 cm³/mol. The minimum atomic E-state index is -3.73. The minimum absolute atomic E-state index is 0.186. The van der Waals surface area contributed by atoms with Gasteiger partial charge in [0, 0.05) is 0 Å². The zero-order chi connectivity index (χ0) is 17.5. The van der Waals surface area contributed by atoms with Crippen molar-refractivity contribution in [3.63, 3.8) is 0 Å². The van der Waals surface area contributed by atoms with E-state index >= 15 is 0 Å². The van der Waals surface area contributed by atoms with Crippen LogP contribution in [0.5, 0.6) is 0 Å². The molecule has 2 rings (SSSR count). The summed E-state index contributed by atoms with van der Waals surface area (Å²) in [6.07, 6.45) is 2.54. The van der Waals surface area contributed by atoms with E-state index in [2.05, 4.69) is 6.92 Å². The van der Waals surface area contributed by atoms with Crippen molar-refractivity contribution in [2.24, 2.45) is 5.14 Å². The lowest BCUT2D eigenvalue weighted by atomic mass is 9.78. The summed E-state index contributed by atoms with van der Waals surface area (Å²) in [4.78, 5) is 0.186. The summed E-state index contributed by atoms with van der Waals surface area (Å²) in [6, 6.07) is 5.12. The molecule has 0 radical (unpaired) electrons. The van der Waals surface area contributed by atoms with Gasteiger partial charge in [-0.05, 0) is 57.6 Å². The maximum Gasteiger partial charge on any atom is 0.494 e. The van der Waals surface area contributed by atoms with Crippen LogP contribution in [-0.4, -0.2) is 26.7 Å². The number of nitrogens with two attached hydrogens (primary N) is 1. The Labute approximate surface area is 139 Å². The van der Waals surface area contributed by atoms with E-state index < -0.39 is 28.3 Å². The molecule has 0 bridgehead atoms. The van der Waals surface area contributed by atoms with Gasteiger partial charge < -0.3 is 9.31 Å². The normalized spacial score (nSPS) is 20.0. The smallest absolute Gasteiger partial charge is 0.399 e. The van der Waals surface area contributed by atoms with Crippen LogP contribution >= 0.6 is 0 Å². The molecule has 128 valence electrons. The first-order valence-electron chi connectivity index (χ1n) is 7.99. The molecule has 0 amide bonds. The van der Waals surface area contributed by atoms with Crippen LogP contribution in [0.1, 0.15) is 53.0 Å². The van der Waals surface area contributed by atoms with Gasteiger partial charge >= 0.3 is 7.12 Å². The second-order valence-electron chi connectivity index (χ2n) is 7.10. The van der Waals surface area contributed by atoms with Gasteiger partial charge in [-0.25, -0.2) is 13.6 Å². The zero-order valence-electron chi connectivity index (χ0n) is 14.5. The molecule has 0 spiro atoms. The molecule has 0 aliphatic carbocycles. The van der Waals surface area contributed by atoms with Gasteiger partial charge in [-0.2, -0.15) is 0 Å². The SMILES string of the molecule is CCCCc1cc(B2OC(C)(C)C(C)(C)O2)ccc1S(N)(=O)=O. The van der Waals surface area contributed by atoms with E-state index in [1.165, 1.54) is 0 Å². The topological polar surface area (TPSA) is 78.6 Å². The third-order valence-corrected chi connectivity index (χ3v) is 5.73. The lowest BCUT2D eigenvalue weighted by Gasteiger charge is -2.32. The van der Waals surface area contributed by atoms with Crippen LogP contribution in [0.2, 0.25) is 0 Å². The second-order valence-corrected chi connectivity index (χ2v) is 8.63. The number of unbranched alkanes of at least 4 members (excludes halogenated alkanes) is 1. The largest absolute Gasteiger partial charge is 0.494 e. The fourth-order valence-electron chi connectivity index (χ4n) is 2.57. The van der Waals surface area contributed by atoms with Crippen LogP contribution in [0.15, 0.2) is 23.1 Å². The van der Waals surface area contributed by atoms with Crippen molar-refractivity contribution in [2.45, 2.75) is 70.0 Å². The highest BCUT2D eigenvalue weighted by Gasteiger charge is 2.51. The highest BCUT2D eigenvalue weighted by Crippen LogP contribution is 2.36.